The van der Waals surface area contributed by atoms with Gasteiger partial charge in [0, 0.05) is 5.69 Å². The largest absolute Gasteiger partial charge is 0.378 e. The van der Waals surface area contributed by atoms with Gasteiger partial charge < -0.3 is 10.4 Å². The van der Waals surface area contributed by atoms with Crippen LogP contribution in [0.2, 0.25) is 0 Å². The van der Waals surface area contributed by atoms with Crippen molar-refractivity contribution in [1.82, 2.24) is 0 Å². The minimum atomic E-state index is -1.27. The summed E-state index contributed by atoms with van der Waals surface area (Å²) in [6.07, 6.45) is 0.903. The molecule has 138 valence electrons. The van der Waals surface area contributed by atoms with E-state index in [-0.39, 0.29) is 16.6 Å². The Morgan fingerprint density at radius 2 is 1.58 bits per heavy atom. The second-order valence-electron chi connectivity index (χ2n) is 8.47. The summed E-state index contributed by atoms with van der Waals surface area (Å²) in [5, 5.41) is 13.1. The predicted molar refractivity (Wildman–Crippen MR) is 102 cm³/mol. The van der Waals surface area contributed by atoms with Gasteiger partial charge in [0.2, 0.25) is 0 Å². The highest BCUT2D eigenvalue weighted by Gasteiger charge is 2.37. The van der Waals surface area contributed by atoms with Crippen LogP contribution >= 0.6 is 0 Å². The molecular weight excluding hydrogens is 329 g/mol. The van der Waals surface area contributed by atoms with Gasteiger partial charge in [0.15, 0.2) is 6.10 Å². The van der Waals surface area contributed by atoms with Crippen LogP contribution in [0.1, 0.15) is 63.3 Å². The zero-order valence-corrected chi connectivity index (χ0v) is 15.8. The topological polar surface area (TPSA) is 49.3 Å². The van der Waals surface area contributed by atoms with E-state index in [2.05, 4.69) is 33.0 Å². The first kappa shape index (κ1) is 18.6. The smallest absolute Gasteiger partial charge is 0.257 e. The van der Waals surface area contributed by atoms with E-state index in [9.17, 15) is 14.3 Å². The third-order valence-corrected chi connectivity index (χ3v) is 5.55. The van der Waals surface area contributed by atoms with Crippen molar-refractivity contribution < 1.29 is 14.3 Å². The molecule has 2 aromatic carbocycles. The number of anilines is 1. The Bertz CT molecular complexity index is 825. The molecule has 3 rings (SSSR count). The monoisotopic (exact) mass is 355 g/mol. The highest BCUT2D eigenvalue weighted by atomic mass is 19.1. The van der Waals surface area contributed by atoms with Gasteiger partial charge in [-0.15, -0.1) is 0 Å². The number of aliphatic hydroxyl groups is 1. The first-order chi connectivity index (χ1) is 12.1. The molecule has 0 bridgehead atoms. The summed E-state index contributed by atoms with van der Waals surface area (Å²) in [5.74, 6) is -0.896. The summed E-state index contributed by atoms with van der Waals surface area (Å²) in [6.45, 7) is 8.88. The number of amides is 1. The maximum atomic E-state index is 13.0. The first-order valence-electron chi connectivity index (χ1n) is 9.00. The lowest BCUT2D eigenvalue weighted by molar-refractivity contribution is -0.124. The van der Waals surface area contributed by atoms with Crippen LogP contribution < -0.4 is 5.32 Å². The fourth-order valence-electron chi connectivity index (χ4n) is 3.67. The van der Waals surface area contributed by atoms with Crippen molar-refractivity contribution in [3.63, 3.8) is 0 Å². The quantitative estimate of drug-likeness (QED) is 0.827. The number of rotatable bonds is 3. The summed E-state index contributed by atoms with van der Waals surface area (Å²) in [7, 11) is 0. The SMILES string of the molecule is CC1(C)CCC(C)(C)c2cc([C@@H](O)C(=O)Nc3ccc(F)cc3)ccc21. The Kier molecular flexibility index (Phi) is 4.65. The van der Waals surface area contributed by atoms with Gasteiger partial charge in [0.05, 0.1) is 0 Å². The van der Waals surface area contributed by atoms with E-state index in [1.807, 2.05) is 18.2 Å². The van der Waals surface area contributed by atoms with E-state index in [1.165, 1.54) is 35.4 Å². The molecule has 2 N–H and O–H groups in total. The molecule has 0 fully saturated rings. The molecule has 4 heteroatoms. The van der Waals surface area contributed by atoms with Crippen molar-refractivity contribution in [3.05, 3.63) is 65.0 Å². The van der Waals surface area contributed by atoms with Crippen LogP contribution in [0, 0.1) is 5.82 Å². The van der Waals surface area contributed by atoms with Gasteiger partial charge in [-0.05, 0) is 64.6 Å². The lowest BCUT2D eigenvalue weighted by atomic mass is 9.63. The average Bonchev–Trinajstić information content (AvgIpc) is 2.60. The highest BCUT2D eigenvalue weighted by molar-refractivity contribution is 5.94. The number of carbonyl (C=O) groups is 1. The van der Waals surface area contributed by atoms with Crippen LogP contribution in [0.25, 0.3) is 0 Å². The third kappa shape index (κ3) is 3.51. The van der Waals surface area contributed by atoms with E-state index in [0.717, 1.165) is 12.8 Å². The molecule has 0 radical (unpaired) electrons. The number of hydrogen-bond acceptors (Lipinski definition) is 2. The Morgan fingerprint density at radius 3 is 2.19 bits per heavy atom. The van der Waals surface area contributed by atoms with Gasteiger partial charge >= 0.3 is 0 Å². The van der Waals surface area contributed by atoms with Crippen molar-refractivity contribution in [2.75, 3.05) is 5.32 Å². The van der Waals surface area contributed by atoms with Gasteiger partial charge in [0.1, 0.15) is 5.82 Å². The summed E-state index contributed by atoms with van der Waals surface area (Å²) < 4.78 is 13.0. The van der Waals surface area contributed by atoms with Crippen molar-refractivity contribution in [3.8, 4) is 0 Å². The molecule has 1 atom stereocenters. The molecule has 1 aliphatic carbocycles. The minimum absolute atomic E-state index is 0.00795. The Labute approximate surface area is 154 Å². The summed E-state index contributed by atoms with van der Waals surface area (Å²) in [5.41, 5.74) is 3.60. The summed E-state index contributed by atoms with van der Waals surface area (Å²) in [4.78, 5) is 12.4. The average molecular weight is 355 g/mol. The Morgan fingerprint density at radius 1 is 1.00 bits per heavy atom. The number of halogens is 1. The van der Waals surface area contributed by atoms with E-state index < -0.39 is 12.0 Å². The molecule has 2 aromatic rings. The molecule has 0 saturated heterocycles. The number of hydrogen-bond donors (Lipinski definition) is 2. The summed E-state index contributed by atoms with van der Waals surface area (Å²) in [6, 6.07) is 11.3. The van der Waals surface area contributed by atoms with Gasteiger partial charge in [-0.1, -0.05) is 45.9 Å². The van der Waals surface area contributed by atoms with Crippen LogP contribution in [0.5, 0.6) is 0 Å². The molecule has 0 unspecified atom stereocenters. The second-order valence-corrected chi connectivity index (χ2v) is 8.47. The maximum absolute atomic E-state index is 13.0. The van der Waals surface area contributed by atoms with Crippen LogP contribution in [0.3, 0.4) is 0 Å². The van der Waals surface area contributed by atoms with Crippen LogP contribution in [-0.2, 0) is 15.6 Å². The van der Waals surface area contributed by atoms with Crippen LogP contribution in [-0.4, -0.2) is 11.0 Å². The molecule has 0 aromatic heterocycles. The highest BCUT2D eigenvalue weighted by Crippen LogP contribution is 2.46. The van der Waals surface area contributed by atoms with Gasteiger partial charge in [-0.2, -0.15) is 0 Å². The van der Waals surface area contributed by atoms with E-state index >= 15 is 0 Å². The van der Waals surface area contributed by atoms with Crippen molar-refractivity contribution in [2.45, 2.75) is 57.5 Å². The van der Waals surface area contributed by atoms with Gasteiger partial charge in [0.25, 0.3) is 5.91 Å². The molecule has 26 heavy (non-hydrogen) atoms. The predicted octanol–water partition coefficient (Wildman–Crippen LogP) is 4.85. The Balaban J connectivity index is 1.87. The standard InChI is InChI=1S/C22H26FNO2/c1-21(2)11-12-22(3,4)18-13-14(5-10-17(18)21)19(25)20(26)24-16-8-6-15(23)7-9-16/h5-10,13,19,25H,11-12H2,1-4H3,(H,24,26)/t19-/m1/s1. The van der Waals surface area contributed by atoms with Gasteiger partial charge in [-0.3, -0.25) is 4.79 Å². The van der Waals surface area contributed by atoms with E-state index in [1.54, 1.807) is 0 Å². The fraction of sp³-hybridized carbons (Fsp3) is 0.409. The van der Waals surface area contributed by atoms with Crippen molar-refractivity contribution in [1.29, 1.82) is 0 Å². The minimum Gasteiger partial charge on any atom is -0.378 e. The normalized spacial score (nSPS) is 18.7. The van der Waals surface area contributed by atoms with Crippen LogP contribution in [0.15, 0.2) is 42.5 Å². The third-order valence-electron chi connectivity index (χ3n) is 5.55. The molecule has 1 aliphatic rings. The number of fused-ring (bicyclic) bond motifs is 1. The van der Waals surface area contributed by atoms with Crippen LogP contribution in [0.4, 0.5) is 10.1 Å². The maximum Gasteiger partial charge on any atom is 0.257 e. The molecule has 0 heterocycles. The number of benzene rings is 2. The first-order valence-corrected chi connectivity index (χ1v) is 9.00. The second kappa shape index (κ2) is 6.51. The lowest BCUT2D eigenvalue weighted by Crippen LogP contribution is -2.34. The number of carbonyl (C=O) groups excluding carboxylic acids is 1. The lowest BCUT2D eigenvalue weighted by Gasteiger charge is -2.42. The van der Waals surface area contributed by atoms with E-state index in [0.29, 0.717) is 11.3 Å². The van der Waals surface area contributed by atoms with Gasteiger partial charge in [-0.25, -0.2) is 4.39 Å². The molecular formula is C22H26FNO2. The molecule has 0 saturated carbocycles. The molecule has 1 amide bonds. The van der Waals surface area contributed by atoms with E-state index in [4.69, 9.17) is 0 Å². The fourth-order valence-corrected chi connectivity index (χ4v) is 3.67. The molecule has 0 spiro atoms. The Hall–Kier alpha value is -2.20. The van der Waals surface area contributed by atoms with Crippen molar-refractivity contribution >= 4 is 11.6 Å². The van der Waals surface area contributed by atoms with Crippen molar-refractivity contribution in [2.24, 2.45) is 0 Å². The zero-order chi connectivity index (χ0) is 19.1. The zero-order valence-electron chi connectivity index (χ0n) is 15.8. The molecule has 0 aliphatic heterocycles. The molecule has 3 nitrogen and oxygen atoms in total. The summed E-state index contributed by atoms with van der Waals surface area (Å²) >= 11 is 0. The number of nitrogens with one attached hydrogen (secondary N) is 1. The number of aliphatic hydroxyl groups excluding tert-OH is 1.